The van der Waals surface area contributed by atoms with Crippen LogP contribution in [0.25, 0.3) is 0 Å². The molecule has 0 bridgehead atoms. The summed E-state index contributed by atoms with van der Waals surface area (Å²) in [5.41, 5.74) is 1.18. The summed E-state index contributed by atoms with van der Waals surface area (Å²) in [6, 6.07) is 0. The lowest BCUT2D eigenvalue weighted by atomic mass is 9.70. The molecule has 1 saturated heterocycles. The third-order valence-corrected chi connectivity index (χ3v) is 6.46. The molecule has 1 aliphatic heterocycles. The molecule has 0 aromatic rings. The van der Waals surface area contributed by atoms with E-state index in [1.54, 1.807) is 0 Å². The first-order chi connectivity index (χ1) is 9.57. The molecule has 118 valence electrons. The van der Waals surface area contributed by atoms with Gasteiger partial charge in [-0.25, -0.2) is 0 Å². The van der Waals surface area contributed by atoms with Crippen LogP contribution in [0.5, 0.6) is 0 Å². The van der Waals surface area contributed by atoms with Gasteiger partial charge in [-0.1, -0.05) is 33.6 Å². The van der Waals surface area contributed by atoms with Crippen LogP contribution >= 0.6 is 0 Å². The van der Waals surface area contributed by atoms with E-state index in [0.717, 1.165) is 5.92 Å². The highest BCUT2D eigenvalue weighted by atomic mass is 15.2. The summed E-state index contributed by atoms with van der Waals surface area (Å²) in [5.74, 6) is 0.948. The third kappa shape index (κ3) is 3.57. The molecular weight excluding hydrogens is 244 g/mol. The zero-order valence-electron chi connectivity index (χ0n) is 14.3. The lowest BCUT2D eigenvalue weighted by molar-refractivity contribution is 0.0924. The third-order valence-electron chi connectivity index (χ3n) is 6.46. The number of rotatable bonds is 6. The Hall–Kier alpha value is -0.0800. The minimum Gasteiger partial charge on any atom is -0.319 e. The average Bonchev–Trinajstić information content (AvgIpc) is 2.86. The molecule has 0 unspecified atom stereocenters. The minimum atomic E-state index is 0.554. The fraction of sp³-hybridized carbons (Fsp3) is 1.00. The maximum Gasteiger partial charge on any atom is 0.00504 e. The average molecular weight is 281 g/mol. The molecule has 2 heteroatoms. The molecule has 1 saturated carbocycles. The minimum absolute atomic E-state index is 0.554. The first-order valence-corrected chi connectivity index (χ1v) is 8.94. The highest BCUT2D eigenvalue weighted by Crippen LogP contribution is 2.42. The van der Waals surface area contributed by atoms with E-state index in [4.69, 9.17) is 0 Å². The Morgan fingerprint density at radius 2 is 1.70 bits per heavy atom. The van der Waals surface area contributed by atoms with Crippen LogP contribution < -0.4 is 5.32 Å². The first kappa shape index (κ1) is 16.3. The second kappa shape index (κ2) is 6.79. The normalized spacial score (nSPS) is 34.5. The second-order valence-corrected chi connectivity index (χ2v) is 7.88. The van der Waals surface area contributed by atoms with E-state index in [0.29, 0.717) is 10.8 Å². The van der Waals surface area contributed by atoms with E-state index in [1.165, 1.54) is 71.1 Å². The molecule has 0 radical (unpaired) electrons. The number of nitrogens with zero attached hydrogens (tertiary/aromatic N) is 1. The van der Waals surface area contributed by atoms with Gasteiger partial charge in [-0.15, -0.1) is 0 Å². The predicted molar refractivity (Wildman–Crippen MR) is 88.1 cm³/mol. The molecule has 2 nitrogen and oxygen atoms in total. The molecule has 1 aliphatic carbocycles. The summed E-state index contributed by atoms with van der Waals surface area (Å²) in [6.45, 7) is 12.4. The maximum absolute atomic E-state index is 3.49. The number of hydrogen-bond acceptors (Lipinski definition) is 2. The van der Waals surface area contributed by atoms with Gasteiger partial charge in [0, 0.05) is 19.6 Å². The van der Waals surface area contributed by atoms with Gasteiger partial charge in [0.2, 0.25) is 0 Å². The summed E-state index contributed by atoms with van der Waals surface area (Å²) in [5, 5.41) is 3.49. The van der Waals surface area contributed by atoms with Gasteiger partial charge in [-0.2, -0.15) is 0 Å². The van der Waals surface area contributed by atoms with Crippen molar-refractivity contribution in [1.82, 2.24) is 10.2 Å². The van der Waals surface area contributed by atoms with Gasteiger partial charge in [-0.3, -0.25) is 0 Å². The van der Waals surface area contributed by atoms with Gasteiger partial charge in [0.05, 0.1) is 0 Å². The molecule has 2 rings (SSSR count). The zero-order valence-corrected chi connectivity index (χ0v) is 14.3. The van der Waals surface area contributed by atoms with Gasteiger partial charge in [0.25, 0.3) is 0 Å². The van der Waals surface area contributed by atoms with Gasteiger partial charge in [0.15, 0.2) is 0 Å². The van der Waals surface area contributed by atoms with E-state index in [2.05, 4.69) is 38.0 Å². The van der Waals surface area contributed by atoms with Crippen molar-refractivity contribution in [2.45, 2.75) is 65.7 Å². The van der Waals surface area contributed by atoms with Crippen molar-refractivity contribution in [3.63, 3.8) is 0 Å². The maximum atomic E-state index is 3.49. The highest BCUT2D eigenvalue weighted by Gasteiger charge is 2.40. The molecule has 1 heterocycles. The van der Waals surface area contributed by atoms with Gasteiger partial charge in [-0.05, 0) is 62.4 Å². The van der Waals surface area contributed by atoms with Crippen LogP contribution in [0.15, 0.2) is 0 Å². The fourth-order valence-electron chi connectivity index (χ4n) is 4.60. The van der Waals surface area contributed by atoms with Crippen molar-refractivity contribution in [2.24, 2.45) is 16.7 Å². The Bertz CT molecular complexity index is 288. The molecule has 0 atom stereocenters. The zero-order chi connectivity index (χ0) is 14.6. The monoisotopic (exact) mass is 280 g/mol. The van der Waals surface area contributed by atoms with Crippen LogP contribution in [-0.4, -0.2) is 38.1 Å². The molecule has 0 aromatic heterocycles. The number of likely N-dealkylation sites (tertiary alicyclic amines) is 1. The van der Waals surface area contributed by atoms with E-state index in [1.807, 2.05) is 0 Å². The molecule has 0 spiro atoms. The Morgan fingerprint density at radius 1 is 1.05 bits per heavy atom. The summed E-state index contributed by atoms with van der Waals surface area (Å²) in [6.07, 6.45) is 9.86. The Labute approximate surface area is 126 Å². The standard InChI is InChI=1S/C18H36N2/c1-5-17(6-2)11-12-20(14-17)15-18(13-19-4)9-7-16(3)8-10-18/h16,19H,5-15H2,1-4H3. The SMILES string of the molecule is CCC1(CC)CCN(CC2(CNC)CCC(C)CC2)C1. The van der Waals surface area contributed by atoms with Gasteiger partial charge >= 0.3 is 0 Å². The van der Waals surface area contributed by atoms with Crippen LogP contribution in [0.2, 0.25) is 0 Å². The van der Waals surface area contributed by atoms with E-state index < -0.39 is 0 Å². The van der Waals surface area contributed by atoms with E-state index >= 15 is 0 Å². The predicted octanol–water partition coefficient (Wildman–Crippen LogP) is 3.91. The largest absolute Gasteiger partial charge is 0.319 e. The molecular formula is C18H36N2. The lowest BCUT2D eigenvalue weighted by Crippen LogP contribution is -2.45. The van der Waals surface area contributed by atoms with Gasteiger partial charge < -0.3 is 10.2 Å². The molecule has 1 N–H and O–H groups in total. The summed E-state index contributed by atoms with van der Waals surface area (Å²) < 4.78 is 0. The Morgan fingerprint density at radius 3 is 2.20 bits per heavy atom. The van der Waals surface area contributed by atoms with Gasteiger partial charge in [0.1, 0.15) is 0 Å². The molecule has 0 amide bonds. The highest BCUT2D eigenvalue weighted by molar-refractivity contribution is 4.94. The molecule has 2 aliphatic rings. The van der Waals surface area contributed by atoms with Crippen molar-refractivity contribution < 1.29 is 0 Å². The van der Waals surface area contributed by atoms with E-state index in [9.17, 15) is 0 Å². The van der Waals surface area contributed by atoms with Crippen molar-refractivity contribution in [1.29, 1.82) is 0 Å². The molecule has 0 aromatic carbocycles. The molecule has 20 heavy (non-hydrogen) atoms. The quantitative estimate of drug-likeness (QED) is 0.793. The second-order valence-electron chi connectivity index (χ2n) is 7.88. The van der Waals surface area contributed by atoms with Crippen LogP contribution in [0.1, 0.15) is 65.7 Å². The van der Waals surface area contributed by atoms with Crippen molar-refractivity contribution in [3.05, 3.63) is 0 Å². The Kier molecular flexibility index (Phi) is 5.53. The van der Waals surface area contributed by atoms with Crippen molar-refractivity contribution in [3.8, 4) is 0 Å². The number of hydrogen-bond donors (Lipinski definition) is 1. The van der Waals surface area contributed by atoms with Crippen molar-refractivity contribution >= 4 is 0 Å². The fourth-order valence-corrected chi connectivity index (χ4v) is 4.60. The van der Waals surface area contributed by atoms with Crippen LogP contribution in [0.4, 0.5) is 0 Å². The van der Waals surface area contributed by atoms with Crippen LogP contribution in [0, 0.1) is 16.7 Å². The van der Waals surface area contributed by atoms with Crippen molar-refractivity contribution in [2.75, 3.05) is 33.2 Å². The van der Waals surface area contributed by atoms with Crippen LogP contribution in [0.3, 0.4) is 0 Å². The van der Waals surface area contributed by atoms with Crippen LogP contribution in [-0.2, 0) is 0 Å². The first-order valence-electron chi connectivity index (χ1n) is 8.94. The molecule has 2 fully saturated rings. The Balaban J connectivity index is 1.96. The van der Waals surface area contributed by atoms with E-state index in [-0.39, 0.29) is 0 Å². The smallest absolute Gasteiger partial charge is 0.00504 e. The lowest BCUT2D eigenvalue weighted by Gasteiger charge is -2.42. The number of nitrogens with one attached hydrogen (secondary N) is 1. The topological polar surface area (TPSA) is 15.3 Å². The summed E-state index contributed by atoms with van der Waals surface area (Å²) >= 11 is 0. The summed E-state index contributed by atoms with van der Waals surface area (Å²) in [4.78, 5) is 2.79. The summed E-state index contributed by atoms with van der Waals surface area (Å²) in [7, 11) is 2.13.